The third-order valence-electron chi connectivity index (χ3n) is 3.88. The standard InChI is InChI=1S/C11H16ClNO5S/c1-3-19(18)11(12)4-6-7(5(2)14)9(15)13(6)8(11)10(16)17/h5-8,14H,3-4H2,1-2H3,(H,16,17)/t5-,6-,7-,8?,11?,19?/m1/s1. The van der Waals surface area contributed by atoms with Crippen molar-refractivity contribution >= 4 is 34.7 Å². The molecule has 3 unspecified atom stereocenters. The number of hydrogen-bond donors (Lipinski definition) is 2. The van der Waals surface area contributed by atoms with Crippen molar-refractivity contribution < 1.29 is 24.4 Å². The molecule has 108 valence electrons. The molecule has 0 spiro atoms. The Hall–Kier alpha value is -0.500. The number of rotatable bonds is 4. The number of halogens is 1. The van der Waals surface area contributed by atoms with Gasteiger partial charge in [0, 0.05) is 6.42 Å². The summed E-state index contributed by atoms with van der Waals surface area (Å²) in [6.07, 6.45) is -0.731. The summed E-state index contributed by atoms with van der Waals surface area (Å²) in [6.45, 7) is 3.14. The number of carbonyl (C=O) groups excluding carboxylic acids is 1. The third kappa shape index (κ3) is 1.94. The summed E-state index contributed by atoms with van der Waals surface area (Å²) < 4.78 is 10.6. The smallest absolute Gasteiger partial charge is 0.333 e. The van der Waals surface area contributed by atoms with Gasteiger partial charge in [0.15, 0.2) is 6.04 Å². The fourth-order valence-corrected chi connectivity index (χ4v) is 5.01. The van der Waals surface area contributed by atoms with Crippen LogP contribution in [0.2, 0.25) is 0 Å². The zero-order valence-corrected chi connectivity index (χ0v) is 12.1. The molecule has 19 heavy (non-hydrogen) atoms. The number of hydrogen-bond acceptors (Lipinski definition) is 4. The van der Waals surface area contributed by atoms with E-state index in [2.05, 4.69) is 0 Å². The Labute approximate surface area is 118 Å². The molecule has 6 atom stereocenters. The minimum Gasteiger partial charge on any atom is -0.615 e. The Bertz CT molecular complexity index is 420. The van der Waals surface area contributed by atoms with Crippen LogP contribution in [-0.2, 0) is 20.8 Å². The lowest BCUT2D eigenvalue weighted by Crippen LogP contribution is -2.65. The van der Waals surface area contributed by atoms with Crippen molar-refractivity contribution in [1.29, 1.82) is 0 Å². The Morgan fingerprint density at radius 1 is 1.74 bits per heavy atom. The van der Waals surface area contributed by atoms with Crippen molar-refractivity contribution in [3.8, 4) is 0 Å². The van der Waals surface area contributed by atoms with Gasteiger partial charge in [0.05, 0.1) is 18.1 Å². The largest absolute Gasteiger partial charge is 0.615 e. The number of β-lactam (4-membered cyclic amide) rings is 1. The minimum absolute atomic E-state index is 0.132. The molecular weight excluding hydrogens is 294 g/mol. The fourth-order valence-electron chi connectivity index (χ4n) is 3.03. The van der Waals surface area contributed by atoms with Crippen LogP contribution in [0.25, 0.3) is 0 Å². The summed E-state index contributed by atoms with van der Waals surface area (Å²) in [6, 6.07) is -1.73. The van der Waals surface area contributed by atoms with Crippen LogP contribution in [0, 0.1) is 5.92 Å². The molecular formula is C11H16ClNO5S. The number of nitrogens with zero attached hydrogens (tertiary/aromatic N) is 1. The number of carboxylic acid groups (broad SMARTS) is 1. The molecule has 8 heteroatoms. The van der Waals surface area contributed by atoms with Gasteiger partial charge in [0.1, 0.15) is 5.75 Å². The SMILES string of the molecule is CC[S+]([O-])C1(Cl)C[C@@H]2[C@@H]([C@@H](C)O)C(=O)N2C1C(=O)O. The van der Waals surface area contributed by atoms with Gasteiger partial charge >= 0.3 is 5.97 Å². The normalized spacial score (nSPS) is 40.6. The van der Waals surface area contributed by atoms with Crippen molar-refractivity contribution in [1.82, 2.24) is 4.90 Å². The van der Waals surface area contributed by atoms with Crippen LogP contribution in [0.15, 0.2) is 0 Å². The highest BCUT2D eigenvalue weighted by Gasteiger charge is 2.71. The first kappa shape index (κ1) is 14.9. The molecule has 2 aliphatic rings. The van der Waals surface area contributed by atoms with E-state index < -0.39 is 51.4 Å². The second-order valence-corrected chi connectivity index (χ2v) is 7.84. The second-order valence-electron chi connectivity index (χ2n) is 4.94. The van der Waals surface area contributed by atoms with Crippen molar-refractivity contribution in [2.75, 3.05) is 5.75 Å². The molecule has 2 rings (SSSR count). The van der Waals surface area contributed by atoms with E-state index in [1.807, 2.05) is 0 Å². The van der Waals surface area contributed by atoms with Crippen molar-refractivity contribution in [3.05, 3.63) is 0 Å². The Morgan fingerprint density at radius 2 is 2.32 bits per heavy atom. The molecule has 0 aromatic carbocycles. The Kier molecular flexibility index (Phi) is 3.77. The lowest BCUT2D eigenvalue weighted by atomic mass is 9.84. The highest BCUT2D eigenvalue weighted by Crippen LogP contribution is 2.51. The van der Waals surface area contributed by atoms with Gasteiger partial charge in [-0.2, -0.15) is 0 Å². The molecule has 0 aliphatic carbocycles. The lowest BCUT2D eigenvalue weighted by molar-refractivity contribution is -0.169. The van der Waals surface area contributed by atoms with E-state index in [-0.39, 0.29) is 12.2 Å². The molecule has 6 nitrogen and oxygen atoms in total. The highest BCUT2D eigenvalue weighted by molar-refractivity contribution is 7.94. The van der Waals surface area contributed by atoms with Gasteiger partial charge in [-0.05, 0) is 25.0 Å². The van der Waals surface area contributed by atoms with Crippen LogP contribution in [0.4, 0.5) is 0 Å². The van der Waals surface area contributed by atoms with Crippen molar-refractivity contribution in [2.45, 2.75) is 42.7 Å². The number of carbonyl (C=O) groups is 2. The van der Waals surface area contributed by atoms with Gasteiger partial charge < -0.3 is 19.7 Å². The maximum absolute atomic E-state index is 12.1. The van der Waals surface area contributed by atoms with Gasteiger partial charge in [-0.3, -0.25) is 4.79 Å². The topological polar surface area (TPSA) is 101 Å². The summed E-state index contributed by atoms with van der Waals surface area (Å²) in [5, 5.41) is 18.8. The lowest BCUT2D eigenvalue weighted by Gasteiger charge is -2.45. The first-order chi connectivity index (χ1) is 8.75. The first-order valence-corrected chi connectivity index (χ1v) is 7.75. The summed E-state index contributed by atoms with van der Waals surface area (Å²) >= 11 is 4.74. The molecule has 0 radical (unpaired) electrons. The summed E-state index contributed by atoms with van der Waals surface area (Å²) in [7, 11) is 0. The van der Waals surface area contributed by atoms with Crippen molar-refractivity contribution in [3.63, 3.8) is 0 Å². The van der Waals surface area contributed by atoms with E-state index >= 15 is 0 Å². The predicted molar refractivity (Wildman–Crippen MR) is 69.1 cm³/mol. The molecule has 0 aromatic rings. The van der Waals surface area contributed by atoms with Gasteiger partial charge in [0.25, 0.3) is 0 Å². The third-order valence-corrected chi connectivity index (χ3v) is 6.43. The van der Waals surface area contributed by atoms with Gasteiger partial charge in [-0.25, -0.2) is 4.79 Å². The maximum atomic E-state index is 12.1. The van der Waals surface area contributed by atoms with Gasteiger partial charge in [-0.1, -0.05) is 11.6 Å². The van der Waals surface area contributed by atoms with Gasteiger partial charge in [0.2, 0.25) is 10.1 Å². The fraction of sp³-hybridized carbons (Fsp3) is 0.818. The first-order valence-electron chi connectivity index (χ1n) is 6.06. The average Bonchev–Trinajstić information content (AvgIpc) is 2.58. The number of carboxylic acids is 1. The number of alkyl halides is 1. The van der Waals surface area contributed by atoms with E-state index in [0.29, 0.717) is 0 Å². The molecule has 2 heterocycles. The van der Waals surface area contributed by atoms with E-state index in [9.17, 15) is 24.4 Å². The number of aliphatic carboxylic acids is 1. The zero-order chi connectivity index (χ0) is 14.5. The molecule has 2 saturated heterocycles. The van der Waals surface area contributed by atoms with Crippen LogP contribution >= 0.6 is 11.6 Å². The van der Waals surface area contributed by atoms with Crippen LogP contribution in [0.1, 0.15) is 20.3 Å². The van der Waals surface area contributed by atoms with E-state index in [0.717, 1.165) is 0 Å². The van der Waals surface area contributed by atoms with Crippen molar-refractivity contribution in [2.24, 2.45) is 5.92 Å². The quantitative estimate of drug-likeness (QED) is 0.424. The summed E-state index contributed by atoms with van der Waals surface area (Å²) in [4.78, 5) is 24.5. The Morgan fingerprint density at radius 3 is 2.74 bits per heavy atom. The van der Waals surface area contributed by atoms with E-state index in [4.69, 9.17) is 11.6 Å². The molecule has 2 aliphatic heterocycles. The summed E-state index contributed by atoms with van der Waals surface area (Å²) in [5.41, 5.74) is 0. The van der Waals surface area contributed by atoms with Gasteiger partial charge in [-0.15, -0.1) is 0 Å². The number of aliphatic hydroxyl groups excluding tert-OH is 1. The number of aliphatic hydroxyl groups is 1. The van der Waals surface area contributed by atoms with Crippen LogP contribution in [0.5, 0.6) is 0 Å². The zero-order valence-electron chi connectivity index (χ0n) is 10.6. The molecule has 0 bridgehead atoms. The molecule has 0 saturated carbocycles. The van der Waals surface area contributed by atoms with Crippen LogP contribution in [0.3, 0.4) is 0 Å². The second kappa shape index (κ2) is 4.80. The molecule has 0 aromatic heterocycles. The van der Waals surface area contributed by atoms with Crippen LogP contribution < -0.4 is 0 Å². The van der Waals surface area contributed by atoms with E-state index in [1.165, 1.54) is 11.8 Å². The van der Waals surface area contributed by atoms with E-state index in [1.54, 1.807) is 6.92 Å². The highest BCUT2D eigenvalue weighted by atomic mass is 35.5. The maximum Gasteiger partial charge on any atom is 0.333 e. The monoisotopic (exact) mass is 309 g/mol. The Balaban J connectivity index is 2.35. The number of fused-ring (bicyclic) bond motifs is 1. The van der Waals surface area contributed by atoms with Crippen LogP contribution in [-0.4, -0.2) is 59.7 Å². The molecule has 1 amide bonds. The minimum atomic E-state index is -1.55. The number of amides is 1. The molecule has 2 N–H and O–H groups in total. The molecule has 2 fully saturated rings. The average molecular weight is 310 g/mol. The predicted octanol–water partition coefficient (Wildman–Crippen LogP) is -0.245. The summed E-state index contributed by atoms with van der Waals surface area (Å²) in [5.74, 6) is -2.10.